The van der Waals surface area contributed by atoms with Crippen LogP contribution in [0.2, 0.25) is 0 Å². The second-order valence-electron chi connectivity index (χ2n) is 5.88. The first kappa shape index (κ1) is 15.6. The van der Waals surface area contributed by atoms with Gasteiger partial charge in [0.15, 0.2) is 0 Å². The fourth-order valence-corrected chi connectivity index (χ4v) is 2.88. The lowest BCUT2D eigenvalue weighted by Crippen LogP contribution is -2.11. The van der Waals surface area contributed by atoms with E-state index >= 15 is 0 Å². The number of hydrogen-bond acceptors (Lipinski definition) is 3. The number of esters is 1. The first-order valence-corrected chi connectivity index (χ1v) is 8.31. The molecule has 0 aliphatic heterocycles. The molecule has 23 heavy (non-hydrogen) atoms. The lowest BCUT2D eigenvalue weighted by Gasteiger charge is -2.16. The Bertz CT molecular complexity index is 649. The molecule has 1 aliphatic carbocycles. The van der Waals surface area contributed by atoms with Crippen molar-refractivity contribution in [2.75, 3.05) is 6.61 Å². The van der Waals surface area contributed by atoms with Crippen LogP contribution in [-0.2, 0) is 17.6 Å². The van der Waals surface area contributed by atoms with Crippen molar-refractivity contribution >= 4 is 5.97 Å². The topological polar surface area (TPSA) is 35.5 Å². The number of para-hydroxylation sites is 1. The van der Waals surface area contributed by atoms with E-state index in [0.717, 1.165) is 18.6 Å². The smallest absolute Gasteiger partial charge is 0.311 e. The SMILES string of the molecule is O=C(CCCOc1ccccc1)Oc1ccc2c(c1)CCCC2. The summed E-state index contributed by atoms with van der Waals surface area (Å²) in [5.41, 5.74) is 2.72. The van der Waals surface area contributed by atoms with E-state index < -0.39 is 0 Å². The van der Waals surface area contributed by atoms with E-state index in [-0.39, 0.29) is 5.97 Å². The number of hydrogen-bond donors (Lipinski definition) is 0. The lowest BCUT2D eigenvalue weighted by molar-refractivity contribution is -0.134. The molecule has 1 aliphatic rings. The molecule has 0 spiro atoms. The molecule has 120 valence electrons. The molecule has 0 aromatic heterocycles. The summed E-state index contributed by atoms with van der Waals surface area (Å²) in [6.07, 6.45) is 5.73. The molecule has 2 aromatic rings. The van der Waals surface area contributed by atoms with Crippen molar-refractivity contribution in [1.29, 1.82) is 0 Å². The molecule has 0 unspecified atom stereocenters. The minimum absolute atomic E-state index is 0.197. The van der Waals surface area contributed by atoms with Crippen molar-refractivity contribution in [1.82, 2.24) is 0 Å². The second kappa shape index (κ2) is 7.82. The summed E-state index contributed by atoms with van der Waals surface area (Å²) in [5.74, 6) is 1.30. The average molecular weight is 310 g/mol. The molecule has 3 nitrogen and oxygen atoms in total. The average Bonchev–Trinajstić information content (AvgIpc) is 2.59. The zero-order valence-electron chi connectivity index (χ0n) is 13.3. The van der Waals surface area contributed by atoms with Gasteiger partial charge in [0.05, 0.1) is 6.61 Å². The predicted octanol–water partition coefficient (Wildman–Crippen LogP) is 4.33. The van der Waals surface area contributed by atoms with E-state index in [4.69, 9.17) is 9.47 Å². The maximum atomic E-state index is 11.9. The van der Waals surface area contributed by atoms with E-state index in [1.54, 1.807) is 0 Å². The third-order valence-electron chi connectivity index (χ3n) is 4.09. The lowest BCUT2D eigenvalue weighted by atomic mass is 9.92. The van der Waals surface area contributed by atoms with Crippen LogP contribution in [0.1, 0.15) is 36.8 Å². The molecule has 0 saturated carbocycles. The molecule has 0 saturated heterocycles. The molecule has 0 fully saturated rings. The fourth-order valence-electron chi connectivity index (χ4n) is 2.88. The Morgan fingerprint density at radius 3 is 2.52 bits per heavy atom. The molecule has 3 rings (SSSR count). The summed E-state index contributed by atoms with van der Waals surface area (Å²) in [4.78, 5) is 11.9. The summed E-state index contributed by atoms with van der Waals surface area (Å²) in [6.45, 7) is 0.517. The minimum atomic E-state index is -0.197. The van der Waals surface area contributed by atoms with Crippen LogP contribution < -0.4 is 9.47 Å². The van der Waals surface area contributed by atoms with Crippen LogP contribution in [-0.4, -0.2) is 12.6 Å². The highest BCUT2D eigenvalue weighted by Crippen LogP contribution is 2.25. The molecular weight excluding hydrogens is 288 g/mol. The van der Waals surface area contributed by atoms with Crippen LogP contribution in [0.15, 0.2) is 48.5 Å². The van der Waals surface area contributed by atoms with E-state index in [1.807, 2.05) is 42.5 Å². The van der Waals surface area contributed by atoms with Crippen molar-refractivity contribution in [2.24, 2.45) is 0 Å². The molecule has 0 N–H and O–H groups in total. The molecule has 0 radical (unpaired) electrons. The van der Waals surface area contributed by atoms with E-state index in [9.17, 15) is 4.79 Å². The monoisotopic (exact) mass is 310 g/mol. The fraction of sp³-hybridized carbons (Fsp3) is 0.350. The van der Waals surface area contributed by atoms with Crippen molar-refractivity contribution in [3.63, 3.8) is 0 Å². The zero-order chi connectivity index (χ0) is 15.9. The Morgan fingerprint density at radius 2 is 1.70 bits per heavy atom. The van der Waals surface area contributed by atoms with E-state index in [1.165, 1.54) is 24.0 Å². The van der Waals surface area contributed by atoms with Gasteiger partial charge in [-0.1, -0.05) is 24.3 Å². The third-order valence-corrected chi connectivity index (χ3v) is 4.09. The summed E-state index contributed by atoms with van der Waals surface area (Å²) < 4.78 is 11.0. The van der Waals surface area contributed by atoms with Crippen LogP contribution in [0.3, 0.4) is 0 Å². The van der Waals surface area contributed by atoms with Gasteiger partial charge >= 0.3 is 5.97 Å². The van der Waals surface area contributed by atoms with Gasteiger partial charge < -0.3 is 9.47 Å². The summed E-state index contributed by atoms with van der Waals surface area (Å²) in [5, 5.41) is 0. The number of aryl methyl sites for hydroxylation is 2. The number of benzene rings is 2. The highest BCUT2D eigenvalue weighted by atomic mass is 16.5. The number of ether oxygens (including phenoxy) is 2. The third kappa shape index (κ3) is 4.59. The molecule has 0 bridgehead atoms. The molecule has 0 heterocycles. The first-order chi connectivity index (χ1) is 11.3. The van der Waals surface area contributed by atoms with Gasteiger partial charge in [-0.3, -0.25) is 4.79 Å². The molecule has 2 aromatic carbocycles. The van der Waals surface area contributed by atoms with Crippen molar-refractivity contribution in [2.45, 2.75) is 38.5 Å². The number of carbonyl (C=O) groups is 1. The Balaban J connectivity index is 1.42. The van der Waals surface area contributed by atoms with Crippen LogP contribution >= 0.6 is 0 Å². The number of carbonyl (C=O) groups excluding carboxylic acids is 1. The van der Waals surface area contributed by atoms with Gasteiger partial charge in [-0.15, -0.1) is 0 Å². The van der Waals surface area contributed by atoms with Gasteiger partial charge in [-0.2, -0.15) is 0 Å². The minimum Gasteiger partial charge on any atom is -0.494 e. The van der Waals surface area contributed by atoms with Gasteiger partial charge in [-0.25, -0.2) is 0 Å². The Hall–Kier alpha value is -2.29. The van der Waals surface area contributed by atoms with Crippen molar-refractivity contribution in [3.05, 3.63) is 59.7 Å². The normalized spacial score (nSPS) is 13.2. The molecule has 0 amide bonds. The standard InChI is InChI=1S/C20H22O3/c21-20(11-6-14-22-18-9-2-1-3-10-18)23-19-13-12-16-7-4-5-8-17(16)15-19/h1-3,9-10,12-13,15H,4-8,11,14H2. The maximum Gasteiger partial charge on any atom is 0.311 e. The Morgan fingerprint density at radius 1 is 0.913 bits per heavy atom. The predicted molar refractivity (Wildman–Crippen MR) is 89.9 cm³/mol. The summed E-state index contributed by atoms with van der Waals surface area (Å²) in [7, 11) is 0. The first-order valence-electron chi connectivity index (χ1n) is 8.31. The van der Waals surface area contributed by atoms with Crippen LogP contribution in [0, 0.1) is 0 Å². The molecule has 0 atom stereocenters. The van der Waals surface area contributed by atoms with Gasteiger partial charge in [0.2, 0.25) is 0 Å². The van der Waals surface area contributed by atoms with Crippen LogP contribution in [0.5, 0.6) is 11.5 Å². The zero-order valence-corrected chi connectivity index (χ0v) is 13.3. The van der Waals surface area contributed by atoms with Gasteiger partial charge in [-0.05, 0) is 67.5 Å². The number of fused-ring (bicyclic) bond motifs is 1. The van der Waals surface area contributed by atoms with Crippen molar-refractivity contribution < 1.29 is 14.3 Å². The van der Waals surface area contributed by atoms with Crippen molar-refractivity contribution in [3.8, 4) is 11.5 Å². The second-order valence-corrected chi connectivity index (χ2v) is 5.88. The largest absolute Gasteiger partial charge is 0.494 e. The highest BCUT2D eigenvalue weighted by molar-refractivity contribution is 5.72. The highest BCUT2D eigenvalue weighted by Gasteiger charge is 2.11. The summed E-state index contributed by atoms with van der Waals surface area (Å²) >= 11 is 0. The summed E-state index contributed by atoms with van der Waals surface area (Å²) in [6, 6.07) is 15.6. The van der Waals surface area contributed by atoms with Gasteiger partial charge in [0.1, 0.15) is 11.5 Å². The van der Waals surface area contributed by atoms with Crippen LogP contribution in [0.4, 0.5) is 0 Å². The van der Waals surface area contributed by atoms with E-state index in [0.29, 0.717) is 25.2 Å². The quantitative estimate of drug-likeness (QED) is 0.452. The van der Waals surface area contributed by atoms with Gasteiger partial charge in [0, 0.05) is 6.42 Å². The number of rotatable bonds is 6. The Labute approximate surface area is 137 Å². The Kier molecular flexibility index (Phi) is 5.30. The maximum absolute atomic E-state index is 11.9. The molecule has 3 heteroatoms. The molecular formula is C20H22O3. The van der Waals surface area contributed by atoms with E-state index in [2.05, 4.69) is 6.07 Å². The van der Waals surface area contributed by atoms with Crippen LogP contribution in [0.25, 0.3) is 0 Å². The van der Waals surface area contributed by atoms with Gasteiger partial charge in [0.25, 0.3) is 0 Å².